The lowest BCUT2D eigenvalue weighted by atomic mass is 9.96. The number of aliphatic hydroxyl groups is 1. The average Bonchev–Trinajstić information content (AvgIpc) is 2.78. The second kappa shape index (κ2) is 5.74. The number of halogens is 1. The average molecular weight is 254 g/mol. The lowest BCUT2D eigenvalue weighted by molar-refractivity contribution is 0.157. The molecule has 1 aliphatic carbocycles. The lowest BCUT2D eigenvalue weighted by Crippen LogP contribution is -2.04. The van der Waals surface area contributed by atoms with Gasteiger partial charge < -0.3 is 10.8 Å². The number of aliphatic hydroxyl groups excluding tert-OH is 1. The van der Waals surface area contributed by atoms with E-state index < -0.39 is 6.10 Å². The van der Waals surface area contributed by atoms with Crippen LogP contribution in [-0.2, 0) is 0 Å². The third-order valence-electron chi connectivity index (χ3n) is 3.73. The van der Waals surface area contributed by atoms with Crippen molar-refractivity contribution < 1.29 is 5.11 Å². The highest BCUT2D eigenvalue weighted by Gasteiger charge is 2.18. The number of benzene rings is 1. The molecule has 0 spiro atoms. The number of nitrogen functional groups attached to an aromatic ring is 1. The van der Waals surface area contributed by atoms with Crippen molar-refractivity contribution in [3.05, 3.63) is 28.8 Å². The molecule has 0 bridgehead atoms. The summed E-state index contributed by atoms with van der Waals surface area (Å²) in [4.78, 5) is 0. The van der Waals surface area contributed by atoms with E-state index in [2.05, 4.69) is 0 Å². The van der Waals surface area contributed by atoms with E-state index >= 15 is 0 Å². The summed E-state index contributed by atoms with van der Waals surface area (Å²) >= 11 is 5.84. The van der Waals surface area contributed by atoms with Crippen molar-refractivity contribution in [3.63, 3.8) is 0 Å². The maximum atomic E-state index is 10.1. The van der Waals surface area contributed by atoms with E-state index in [4.69, 9.17) is 17.3 Å². The van der Waals surface area contributed by atoms with E-state index in [-0.39, 0.29) is 0 Å². The standard InChI is InChI=1S/C14H20ClNO/c15-11-6-7-12(13(16)9-11)14(17)8-5-10-3-1-2-4-10/h6-7,9-10,14,17H,1-5,8,16H2. The second-order valence-electron chi connectivity index (χ2n) is 5.02. The summed E-state index contributed by atoms with van der Waals surface area (Å²) in [5.74, 6) is 0.804. The first-order valence-corrected chi connectivity index (χ1v) is 6.77. The molecule has 2 rings (SSSR count). The lowest BCUT2D eigenvalue weighted by Gasteiger charge is -2.16. The van der Waals surface area contributed by atoms with Gasteiger partial charge in [-0.2, -0.15) is 0 Å². The molecule has 1 aromatic carbocycles. The Morgan fingerprint density at radius 1 is 1.35 bits per heavy atom. The number of hydrogen-bond acceptors (Lipinski definition) is 2. The van der Waals surface area contributed by atoms with Gasteiger partial charge in [-0.15, -0.1) is 0 Å². The zero-order valence-electron chi connectivity index (χ0n) is 10.0. The van der Waals surface area contributed by atoms with Crippen LogP contribution in [0.15, 0.2) is 18.2 Å². The third-order valence-corrected chi connectivity index (χ3v) is 3.97. The van der Waals surface area contributed by atoms with Crippen LogP contribution in [-0.4, -0.2) is 5.11 Å². The summed E-state index contributed by atoms with van der Waals surface area (Å²) in [6.07, 6.45) is 6.80. The molecule has 0 aromatic heterocycles. The molecule has 0 radical (unpaired) electrons. The maximum Gasteiger partial charge on any atom is 0.0810 e. The quantitative estimate of drug-likeness (QED) is 0.799. The van der Waals surface area contributed by atoms with Crippen molar-refractivity contribution in [2.45, 2.75) is 44.6 Å². The number of hydrogen-bond donors (Lipinski definition) is 2. The van der Waals surface area contributed by atoms with Gasteiger partial charge in [0.15, 0.2) is 0 Å². The second-order valence-corrected chi connectivity index (χ2v) is 5.45. The first-order valence-electron chi connectivity index (χ1n) is 6.40. The Morgan fingerprint density at radius 3 is 2.71 bits per heavy atom. The van der Waals surface area contributed by atoms with Gasteiger partial charge in [0.05, 0.1) is 6.10 Å². The highest BCUT2D eigenvalue weighted by molar-refractivity contribution is 6.30. The van der Waals surface area contributed by atoms with Crippen LogP contribution < -0.4 is 5.73 Å². The van der Waals surface area contributed by atoms with E-state index in [0.717, 1.165) is 24.3 Å². The molecule has 1 aromatic rings. The fourth-order valence-electron chi connectivity index (χ4n) is 2.70. The number of nitrogens with two attached hydrogens (primary N) is 1. The van der Waals surface area contributed by atoms with Gasteiger partial charge in [-0.25, -0.2) is 0 Å². The van der Waals surface area contributed by atoms with Gasteiger partial charge in [0.25, 0.3) is 0 Å². The molecule has 94 valence electrons. The van der Waals surface area contributed by atoms with Crippen molar-refractivity contribution in [2.75, 3.05) is 5.73 Å². The topological polar surface area (TPSA) is 46.2 Å². The SMILES string of the molecule is Nc1cc(Cl)ccc1C(O)CCC1CCCC1. The normalized spacial score (nSPS) is 18.5. The van der Waals surface area contributed by atoms with Crippen molar-refractivity contribution >= 4 is 17.3 Å². The Labute approximate surface area is 108 Å². The summed E-state index contributed by atoms with van der Waals surface area (Å²) in [5.41, 5.74) is 7.27. The summed E-state index contributed by atoms with van der Waals surface area (Å²) in [6, 6.07) is 5.32. The Kier molecular flexibility index (Phi) is 4.30. The van der Waals surface area contributed by atoms with Crippen LogP contribution in [0.25, 0.3) is 0 Å². The van der Waals surface area contributed by atoms with E-state index in [9.17, 15) is 5.11 Å². The van der Waals surface area contributed by atoms with Gasteiger partial charge >= 0.3 is 0 Å². The fraction of sp³-hybridized carbons (Fsp3) is 0.571. The molecular formula is C14H20ClNO. The minimum absolute atomic E-state index is 0.451. The van der Waals surface area contributed by atoms with Gasteiger partial charge in [0.1, 0.15) is 0 Å². The predicted octanol–water partition coefficient (Wildman–Crippen LogP) is 3.93. The van der Waals surface area contributed by atoms with Gasteiger partial charge in [-0.1, -0.05) is 43.4 Å². The van der Waals surface area contributed by atoms with Crippen LogP contribution in [0.1, 0.15) is 50.2 Å². The molecule has 1 unspecified atom stereocenters. The zero-order valence-corrected chi connectivity index (χ0v) is 10.8. The molecule has 3 heteroatoms. The number of rotatable bonds is 4. The summed E-state index contributed by atoms with van der Waals surface area (Å²) < 4.78 is 0. The first-order chi connectivity index (χ1) is 8.16. The van der Waals surface area contributed by atoms with Crippen LogP contribution in [0.4, 0.5) is 5.69 Å². The molecule has 3 N–H and O–H groups in total. The van der Waals surface area contributed by atoms with Crippen LogP contribution in [0.3, 0.4) is 0 Å². The van der Waals surface area contributed by atoms with Gasteiger partial charge in [0, 0.05) is 16.3 Å². The summed E-state index contributed by atoms with van der Waals surface area (Å²) in [5, 5.41) is 10.7. The first kappa shape index (κ1) is 12.7. The summed E-state index contributed by atoms with van der Waals surface area (Å²) in [7, 11) is 0. The van der Waals surface area contributed by atoms with E-state index in [1.54, 1.807) is 12.1 Å². The Bertz CT molecular complexity index is 374. The molecule has 2 nitrogen and oxygen atoms in total. The van der Waals surface area contributed by atoms with E-state index in [1.807, 2.05) is 6.07 Å². The van der Waals surface area contributed by atoms with Crippen LogP contribution in [0.5, 0.6) is 0 Å². The summed E-state index contributed by atoms with van der Waals surface area (Å²) in [6.45, 7) is 0. The molecule has 1 saturated carbocycles. The molecule has 1 atom stereocenters. The van der Waals surface area contributed by atoms with Gasteiger partial charge in [-0.05, 0) is 30.9 Å². The number of anilines is 1. The molecular weight excluding hydrogens is 234 g/mol. The molecule has 17 heavy (non-hydrogen) atoms. The smallest absolute Gasteiger partial charge is 0.0810 e. The van der Waals surface area contributed by atoms with E-state index in [0.29, 0.717) is 10.7 Å². The Hall–Kier alpha value is -0.730. The molecule has 0 aliphatic heterocycles. The highest BCUT2D eigenvalue weighted by atomic mass is 35.5. The monoisotopic (exact) mass is 253 g/mol. The minimum atomic E-state index is -0.451. The van der Waals surface area contributed by atoms with Crippen molar-refractivity contribution in [1.29, 1.82) is 0 Å². The van der Waals surface area contributed by atoms with Crippen LogP contribution in [0.2, 0.25) is 5.02 Å². The Morgan fingerprint density at radius 2 is 2.06 bits per heavy atom. The van der Waals surface area contributed by atoms with Crippen LogP contribution >= 0.6 is 11.6 Å². The van der Waals surface area contributed by atoms with Gasteiger partial charge in [-0.3, -0.25) is 0 Å². The van der Waals surface area contributed by atoms with Crippen molar-refractivity contribution in [1.82, 2.24) is 0 Å². The zero-order chi connectivity index (χ0) is 12.3. The third kappa shape index (κ3) is 3.36. The molecule has 1 fully saturated rings. The Balaban J connectivity index is 1.91. The molecule has 1 aliphatic rings. The molecule has 0 saturated heterocycles. The van der Waals surface area contributed by atoms with Crippen molar-refractivity contribution in [3.8, 4) is 0 Å². The van der Waals surface area contributed by atoms with Crippen LogP contribution in [0, 0.1) is 5.92 Å². The molecule has 0 amide bonds. The molecule has 0 heterocycles. The van der Waals surface area contributed by atoms with Gasteiger partial charge in [0.2, 0.25) is 0 Å². The largest absolute Gasteiger partial charge is 0.398 e. The van der Waals surface area contributed by atoms with Crippen molar-refractivity contribution in [2.24, 2.45) is 5.92 Å². The minimum Gasteiger partial charge on any atom is -0.398 e. The fourth-order valence-corrected chi connectivity index (χ4v) is 2.88. The predicted molar refractivity (Wildman–Crippen MR) is 72.0 cm³/mol. The van der Waals surface area contributed by atoms with E-state index in [1.165, 1.54) is 25.7 Å². The highest BCUT2D eigenvalue weighted by Crippen LogP contribution is 2.33. The maximum absolute atomic E-state index is 10.1.